The lowest BCUT2D eigenvalue weighted by Gasteiger charge is -2.60. The van der Waals surface area contributed by atoms with Crippen LogP contribution in [0.5, 0.6) is 23.0 Å². The van der Waals surface area contributed by atoms with Crippen LogP contribution in [-0.4, -0.2) is 90.2 Å². The lowest BCUT2D eigenvalue weighted by atomic mass is 9.55. The van der Waals surface area contributed by atoms with Crippen molar-refractivity contribution in [3.63, 3.8) is 0 Å². The summed E-state index contributed by atoms with van der Waals surface area (Å²) < 4.78 is 37.5. The Morgan fingerprint density at radius 2 is 1.75 bits per heavy atom. The van der Waals surface area contributed by atoms with E-state index in [2.05, 4.69) is 24.6 Å². The summed E-state index contributed by atoms with van der Waals surface area (Å²) in [5.41, 5.74) is 2.47. The minimum atomic E-state index is -1.53. The molecule has 2 aliphatic heterocycles. The van der Waals surface area contributed by atoms with E-state index >= 15 is 0 Å². The first-order chi connectivity index (χ1) is 29.5. The van der Waals surface area contributed by atoms with Gasteiger partial charge in [-0.25, -0.2) is 9.59 Å². The normalized spacial score (nSPS) is 24.1. The van der Waals surface area contributed by atoms with Crippen LogP contribution < -0.4 is 24.3 Å². The summed E-state index contributed by atoms with van der Waals surface area (Å²) in [7, 11) is 0. The van der Waals surface area contributed by atoms with Gasteiger partial charge in [0.25, 0.3) is 0 Å². The van der Waals surface area contributed by atoms with Crippen LogP contribution in [0.4, 0.5) is 9.59 Å². The monoisotopic (exact) mass is 845 g/mol. The molecular formula is C47H63N3O11. The van der Waals surface area contributed by atoms with E-state index in [1.54, 1.807) is 29.2 Å². The summed E-state index contributed by atoms with van der Waals surface area (Å²) >= 11 is 0. The molecule has 0 aromatic heterocycles. The van der Waals surface area contributed by atoms with Gasteiger partial charge >= 0.3 is 12.2 Å². The van der Waals surface area contributed by atoms with Crippen molar-refractivity contribution >= 4 is 17.9 Å². The highest BCUT2D eigenvalue weighted by Crippen LogP contribution is 2.62. The second-order valence-corrected chi connectivity index (χ2v) is 16.9. The fourth-order valence-corrected chi connectivity index (χ4v) is 9.04. The first-order valence-electron chi connectivity index (χ1n) is 21.6. The van der Waals surface area contributed by atoms with Crippen LogP contribution in [0.3, 0.4) is 0 Å². The van der Waals surface area contributed by atoms with Gasteiger partial charge in [-0.15, -0.1) is 13.2 Å². The van der Waals surface area contributed by atoms with E-state index in [1.165, 1.54) is 0 Å². The largest absolute Gasteiger partial charge is 0.459 e. The van der Waals surface area contributed by atoms with Crippen LogP contribution in [0, 0.1) is 17.8 Å². The van der Waals surface area contributed by atoms with Crippen LogP contribution in [0.25, 0.3) is 0 Å². The van der Waals surface area contributed by atoms with Crippen LogP contribution in [0.15, 0.2) is 78.5 Å². The fraction of sp³-hybridized carbons (Fsp3) is 0.553. The number of carbonyl (C=O) groups excluding carboxylic acids is 2. The smallest absolute Gasteiger partial charge is 0.412 e. The molecule has 332 valence electrons. The van der Waals surface area contributed by atoms with E-state index in [0.717, 1.165) is 42.4 Å². The molecule has 0 radical (unpaired) electrons. The zero-order valence-corrected chi connectivity index (χ0v) is 36.1. The molecule has 14 heteroatoms. The molecule has 1 saturated carbocycles. The third-order valence-corrected chi connectivity index (χ3v) is 11.6. The molecule has 0 unspecified atom stereocenters. The Morgan fingerprint density at radius 1 is 1.00 bits per heavy atom. The number of carbonyl (C=O) groups is 2. The Balaban J connectivity index is 1.61. The number of rotatable bonds is 20. The number of benzene rings is 2. The topological polar surface area (TPSA) is 167 Å². The van der Waals surface area contributed by atoms with E-state index in [1.807, 2.05) is 52.0 Å². The lowest BCUT2D eigenvalue weighted by molar-refractivity contribution is -0.256. The summed E-state index contributed by atoms with van der Waals surface area (Å²) in [6.45, 7) is 16.4. The quantitative estimate of drug-likeness (QED) is 0.0669. The predicted molar refractivity (Wildman–Crippen MR) is 230 cm³/mol. The number of oxime groups is 1. The molecule has 2 heterocycles. The molecule has 0 saturated heterocycles. The third kappa shape index (κ3) is 10.5. The molecule has 61 heavy (non-hydrogen) atoms. The number of aliphatic hydroxyl groups is 2. The number of amides is 2. The van der Waals surface area contributed by atoms with Crippen molar-refractivity contribution < 1.29 is 53.1 Å². The minimum Gasteiger partial charge on any atom is -0.459 e. The molecule has 2 aromatic rings. The zero-order chi connectivity index (χ0) is 43.6. The Labute approximate surface area is 359 Å². The van der Waals surface area contributed by atoms with Gasteiger partial charge in [0.2, 0.25) is 12.6 Å². The number of nitrogens with zero attached hydrogens (tertiary/aromatic N) is 2. The van der Waals surface area contributed by atoms with Crippen molar-refractivity contribution in [2.45, 2.75) is 109 Å². The standard InChI is InChI=1S/C47H63N3O11/c1-7-10-24-55-45(54)50(29-31-17-19-39-40(25-31)57-30-56-39)41-28-37(49-61-46(4,5)6)35-26-32(15-11-13-21-51)34(16-12-14-22-52)42-36-27-33(59-44(53)48-9-3)18-20-38(36)60-47(41,43(35)42)58-23-8-2/h7-8,17-20,25-27,32,34,41-43,51-52H,1-2,9-16,21-24,28-30H2,3-6H3,(H,48,53)/t32-,34+,41-,42+,43+,47+/m0/s1. The average molecular weight is 846 g/mol. The van der Waals surface area contributed by atoms with Gasteiger partial charge in [0.15, 0.2) is 11.5 Å². The maximum Gasteiger partial charge on any atom is 0.412 e. The highest BCUT2D eigenvalue weighted by atomic mass is 16.7. The zero-order valence-electron chi connectivity index (χ0n) is 36.1. The van der Waals surface area contributed by atoms with Gasteiger partial charge in [0.05, 0.1) is 24.8 Å². The van der Waals surface area contributed by atoms with Crippen molar-refractivity contribution in [1.82, 2.24) is 10.2 Å². The van der Waals surface area contributed by atoms with E-state index in [4.69, 9.17) is 38.4 Å². The van der Waals surface area contributed by atoms with Gasteiger partial charge in [0.1, 0.15) is 23.1 Å². The lowest BCUT2D eigenvalue weighted by Crippen LogP contribution is -2.70. The van der Waals surface area contributed by atoms with Gasteiger partial charge < -0.3 is 48.8 Å². The number of ether oxygens (including phenoxy) is 6. The molecule has 0 spiro atoms. The summed E-state index contributed by atoms with van der Waals surface area (Å²) in [5, 5.41) is 27.4. The molecule has 6 atom stereocenters. The van der Waals surface area contributed by atoms with Crippen molar-refractivity contribution in [3.05, 3.63) is 84.5 Å². The number of unbranched alkanes of at least 4 members (excludes halogenated alkanes) is 2. The molecule has 2 aromatic carbocycles. The maximum atomic E-state index is 14.7. The van der Waals surface area contributed by atoms with Crippen molar-refractivity contribution in [2.24, 2.45) is 22.9 Å². The average Bonchev–Trinajstić information content (AvgIpc) is 3.71. The molecule has 1 fully saturated rings. The summed E-state index contributed by atoms with van der Waals surface area (Å²) in [6, 6.07) is 10.1. The van der Waals surface area contributed by atoms with Crippen LogP contribution >= 0.6 is 0 Å². The number of hydrogen-bond acceptors (Lipinski definition) is 12. The van der Waals surface area contributed by atoms with Gasteiger partial charge in [-0.1, -0.05) is 42.3 Å². The first kappa shape index (κ1) is 45.5. The highest BCUT2D eigenvalue weighted by Gasteiger charge is 2.66. The molecule has 2 amide bonds. The molecular weight excluding hydrogens is 783 g/mol. The molecule has 14 nitrogen and oxygen atoms in total. The van der Waals surface area contributed by atoms with E-state index in [9.17, 15) is 19.8 Å². The van der Waals surface area contributed by atoms with Crippen LogP contribution in [-0.2, 0) is 20.9 Å². The first-order valence-corrected chi connectivity index (χ1v) is 21.6. The summed E-state index contributed by atoms with van der Waals surface area (Å²) in [6.07, 6.45) is 9.44. The van der Waals surface area contributed by atoms with Gasteiger partial charge in [-0.2, -0.15) is 0 Å². The van der Waals surface area contributed by atoms with Gasteiger partial charge in [0, 0.05) is 44.2 Å². The van der Waals surface area contributed by atoms with Gasteiger partial charge in [-0.05, 0) is 113 Å². The van der Waals surface area contributed by atoms with Crippen LogP contribution in [0.1, 0.15) is 96.1 Å². The molecule has 6 rings (SSSR count). The van der Waals surface area contributed by atoms with E-state index < -0.39 is 35.5 Å². The Hall–Kier alpha value is -5.05. The van der Waals surface area contributed by atoms with Crippen molar-refractivity contribution in [2.75, 3.05) is 39.8 Å². The SMILES string of the molecule is C=CCCOC(=O)N(Cc1ccc2c(c1)OCO2)[C@H]1CC(=NOC(C)(C)C)C2=C[C@H](CCCCO)[C@@H](CCCCO)[C@@H]3c4cc(OC(=O)NCC)ccc4O[C@@]1(OCC=C)[C@H]23. The second-order valence-electron chi connectivity index (χ2n) is 16.9. The van der Waals surface area contributed by atoms with Crippen LogP contribution in [0.2, 0.25) is 0 Å². The minimum absolute atomic E-state index is 0.0162. The predicted octanol–water partition coefficient (Wildman–Crippen LogP) is 8.17. The number of aliphatic hydroxyl groups excluding tert-OH is 2. The summed E-state index contributed by atoms with van der Waals surface area (Å²) in [4.78, 5) is 35.4. The number of nitrogens with one attached hydrogen (secondary N) is 1. The maximum absolute atomic E-state index is 14.7. The molecule has 3 N–H and O–H groups in total. The van der Waals surface area contributed by atoms with Gasteiger partial charge in [-0.3, -0.25) is 4.90 Å². The van der Waals surface area contributed by atoms with Crippen molar-refractivity contribution in [3.8, 4) is 23.0 Å². The number of fused-ring (bicyclic) bond motifs is 3. The molecule has 2 aliphatic carbocycles. The highest BCUT2D eigenvalue weighted by molar-refractivity contribution is 6.03. The third-order valence-electron chi connectivity index (χ3n) is 11.6. The molecule has 0 bridgehead atoms. The Bertz CT molecular complexity index is 1920. The molecule has 4 aliphatic rings. The van der Waals surface area contributed by atoms with E-state index in [0.29, 0.717) is 54.5 Å². The summed E-state index contributed by atoms with van der Waals surface area (Å²) in [5.74, 6) is -0.378. The Morgan fingerprint density at radius 3 is 2.48 bits per heavy atom. The van der Waals surface area contributed by atoms with E-state index in [-0.39, 0.29) is 63.9 Å². The van der Waals surface area contributed by atoms with Crippen molar-refractivity contribution in [1.29, 1.82) is 0 Å². The Kier molecular flexibility index (Phi) is 15.4. The number of allylic oxidation sites excluding steroid dienone is 1. The fourth-order valence-electron chi connectivity index (χ4n) is 9.04. The second kappa shape index (κ2) is 20.7. The number of hydrogen-bond donors (Lipinski definition) is 3.